The minimum absolute atomic E-state index is 0.139. The number of amides is 1. The van der Waals surface area contributed by atoms with Crippen molar-refractivity contribution in [2.75, 3.05) is 18.4 Å². The van der Waals surface area contributed by atoms with E-state index < -0.39 is 39.1 Å². The number of piperidine rings is 1. The highest BCUT2D eigenvalue weighted by Gasteiger charge is 2.33. The molecule has 1 saturated heterocycles. The zero-order valence-corrected chi connectivity index (χ0v) is 18.8. The largest absolute Gasteiger partial charge is 0.416 e. The fourth-order valence-electron chi connectivity index (χ4n) is 3.78. The van der Waals surface area contributed by atoms with Crippen molar-refractivity contribution in [2.45, 2.75) is 31.3 Å². The number of halogens is 5. The van der Waals surface area contributed by atoms with Gasteiger partial charge in [0.25, 0.3) is 5.91 Å². The quantitative estimate of drug-likeness (QED) is 0.580. The fraction of sp³-hybridized carbons (Fsp3) is 0.381. The lowest BCUT2D eigenvalue weighted by atomic mass is 9.94. The molecule has 0 saturated carbocycles. The van der Waals surface area contributed by atoms with Gasteiger partial charge in [0.05, 0.1) is 26.7 Å². The first-order valence-corrected chi connectivity index (χ1v) is 11.6. The summed E-state index contributed by atoms with van der Waals surface area (Å²) in [4.78, 5) is 12.3. The molecule has 0 aromatic heterocycles. The van der Waals surface area contributed by atoms with Gasteiger partial charge in [0.1, 0.15) is 5.82 Å². The van der Waals surface area contributed by atoms with Gasteiger partial charge in [-0.15, -0.1) is 0 Å². The van der Waals surface area contributed by atoms with Crippen LogP contribution in [0.4, 0.5) is 23.2 Å². The minimum atomic E-state index is -4.67. The molecule has 0 aliphatic carbocycles. The summed E-state index contributed by atoms with van der Waals surface area (Å²) in [7, 11) is -4.00. The Morgan fingerprint density at radius 2 is 1.72 bits per heavy atom. The molecule has 0 bridgehead atoms. The van der Waals surface area contributed by atoms with Crippen molar-refractivity contribution in [2.24, 2.45) is 11.8 Å². The van der Waals surface area contributed by atoms with Gasteiger partial charge in [0, 0.05) is 13.1 Å². The topological polar surface area (TPSA) is 66.5 Å². The Morgan fingerprint density at radius 3 is 2.31 bits per heavy atom. The Morgan fingerprint density at radius 1 is 1.09 bits per heavy atom. The predicted molar refractivity (Wildman–Crippen MR) is 113 cm³/mol. The van der Waals surface area contributed by atoms with Crippen LogP contribution in [0.3, 0.4) is 0 Å². The number of carbonyl (C=O) groups excluding carboxylic acids is 1. The molecule has 0 radical (unpaired) electrons. The zero-order chi connectivity index (χ0) is 23.8. The molecule has 2 aromatic rings. The van der Waals surface area contributed by atoms with E-state index in [1.54, 1.807) is 0 Å². The van der Waals surface area contributed by atoms with E-state index in [1.807, 2.05) is 13.8 Å². The first kappa shape index (κ1) is 24.5. The molecule has 32 heavy (non-hydrogen) atoms. The third-order valence-electron chi connectivity index (χ3n) is 5.20. The summed E-state index contributed by atoms with van der Waals surface area (Å²) < 4.78 is 80.6. The second-order valence-electron chi connectivity index (χ2n) is 8.06. The molecule has 0 unspecified atom stereocenters. The highest BCUT2D eigenvalue weighted by atomic mass is 35.5. The average Bonchev–Trinajstić information content (AvgIpc) is 2.68. The number of rotatable bonds is 4. The molecular formula is C21H21ClF4N2O3S. The Labute approximate surface area is 188 Å². The molecule has 11 heteroatoms. The molecular weight excluding hydrogens is 472 g/mol. The van der Waals surface area contributed by atoms with E-state index in [0.29, 0.717) is 19.2 Å². The molecule has 0 spiro atoms. The van der Waals surface area contributed by atoms with Crippen molar-refractivity contribution in [1.29, 1.82) is 0 Å². The smallest absolute Gasteiger partial charge is 0.321 e. The second-order valence-corrected chi connectivity index (χ2v) is 10.4. The molecule has 5 nitrogen and oxygen atoms in total. The molecule has 174 valence electrons. The lowest BCUT2D eigenvalue weighted by molar-refractivity contribution is -0.137. The van der Waals surface area contributed by atoms with Crippen LogP contribution in [0.1, 0.15) is 36.2 Å². The van der Waals surface area contributed by atoms with Gasteiger partial charge in [-0.3, -0.25) is 4.79 Å². The summed E-state index contributed by atoms with van der Waals surface area (Å²) in [6, 6.07) is 5.10. The monoisotopic (exact) mass is 492 g/mol. The van der Waals surface area contributed by atoms with Gasteiger partial charge in [0.15, 0.2) is 0 Å². The van der Waals surface area contributed by atoms with E-state index in [9.17, 15) is 30.8 Å². The minimum Gasteiger partial charge on any atom is -0.321 e. The van der Waals surface area contributed by atoms with Crippen molar-refractivity contribution in [1.82, 2.24) is 4.31 Å². The van der Waals surface area contributed by atoms with Crippen LogP contribution in [0.25, 0.3) is 0 Å². The van der Waals surface area contributed by atoms with Crippen molar-refractivity contribution < 1.29 is 30.8 Å². The van der Waals surface area contributed by atoms with Gasteiger partial charge in [-0.2, -0.15) is 17.5 Å². The number of nitrogens with one attached hydrogen (secondary N) is 1. The number of carbonyl (C=O) groups is 1. The molecule has 3 rings (SSSR count). The van der Waals surface area contributed by atoms with Crippen LogP contribution < -0.4 is 5.32 Å². The van der Waals surface area contributed by atoms with Gasteiger partial charge in [-0.1, -0.05) is 25.4 Å². The molecule has 1 aliphatic rings. The van der Waals surface area contributed by atoms with Gasteiger partial charge in [-0.05, 0) is 54.7 Å². The summed E-state index contributed by atoms with van der Waals surface area (Å²) in [5, 5.41) is 1.94. The van der Waals surface area contributed by atoms with Gasteiger partial charge in [-0.25, -0.2) is 12.8 Å². The van der Waals surface area contributed by atoms with Crippen LogP contribution >= 0.6 is 11.6 Å². The highest BCUT2D eigenvalue weighted by Crippen LogP contribution is 2.34. The third-order valence-corrected chi connectivity index (χ3v) is 7.35. The number of sulfonamides is 1. The molecule has 1 aliphatic heterocycles. The van der Waals surface area contributed by atoms with Crippen molar-refractivity contribution in [3.05, 3.63) is 58.4 Å². The molecule has 1 amide bonds. The van der Waals surface area contributed by atoms with E-state index in [1.165, 1.54) is 4.31 Å². The van der Waals surface area contributed by atoms with E-state index >= 15 is 0 Å². The molecule has 1 N–H and O–H groups in total. The molecule has 1 heterocycles. The Hall–Kier alpha value is -2.17. The SMILES string of the molecule is C[C@@H]1C[C@H](C)CN(S(=O)(=O)c2ccc(F)c(C(=O)Nc3cc(C(F)(F)F)ccc3Cl)c2)C1. The van der Waals surface area contributed by atoms with E-state index in [-0.39, 0.29) is 27.4 Å². The fourth-order valence-corrected chi connectivity index (χ4v) is 5.65. The highest BCUT2D eigenvalue weighted by molar-refractivity contribution is 7.89. The normalized spacial score (nSPS) is 20.2. The van der Waals surface area contributed by atoms with E-state index in [4.69, 9.17) is 11.6 Å². The number of anilines is 1. The maximum atomic E-state index is 14.4. The standard InChI is InChI=1S/C21H21ClF4N2O3S/c1-12-7-13(2)11-28(10-12)32(30,31)15-4-6-18(23)16(9-15)20(29)27-19-8-14(21(24,25)26)3-5-17(19)22/h3-6,8-9,12-13H,7,10-11H2,1-2H3,(H,27,29)/t12-,13+. The molecule has 2 aromatic carbocycles. The van der Waals surface area contributed by atoms with Crippen LogP contribution in [0.5, 0.6) is 0 Å². The van der Waals surface area contributed by atoms with Gasteiger partial charge < -0.3 is 5.32 Å². The summed E-state index contributed by atoms with van der Waals surface area (Å²) in [6.45, 7) is 4.46. The Balaban J connectivity index is 1.92. The van der Waals surface area contributed by atoms with Crippen molar-refractivity contribution >= 4 is 33.2 Å². The van der Waals surface area contributed by atoms with Crippen LogP contribution in [0.2, 0.25) is 5.02 Å². The third kappa shape index (κ3) is 5.24. The molecule has 1 fully saturated rings. The van der Waals surface area contributed by atoms with Crippen LogP contribution in [-0.4, -0.2) is 31.7 Å². The zero-order valence-electron chi connectivity index (χ0n) is 17.2. The maximum absolute atomic E-state index is 14.4. The molecule has 2 atom stereocenters. The average molecular weight is 493 g/mol. The van der Waals surface area contributed by atoms with Crippen molar-refractivity contribution in [3.8, 4) is 0 Å². The maximum Gasteiger partial charge on any atom is 0.416 e. The first-order valence-electron chi connectivity index (χ1n) is 9.77. The van der Waals surface area contributed by atoms with Crippen LogP contribution in [-0.2, 0) is 16.2 Å². The predicted octanol–water partition coefficient (Wildman–Crippen LogP) is 5.42. The number of hydrogen-bond acceptors (Lipinski definition) is 3. The number of hydrogen-bond donors (Lipinski definition) is 1. The lowest BCUT2D eigenvalue weighted by Gasteiger charge is -2.34. The summed E-state index contributed by atoms with van der Waals surface area (Å²) in [5.41, 5.74) is -2.06. The lowest BCUT2D eigenvalue weighted by Crippen LogP contribution is -2.42. The van der Waals surface area contributed by atoms with Crippen molar-refractivity contribution in [3.63, 3.8) is 0 Å². The van der Waals surface area contributed by atoms with E-state index in [2.05, 4.69) is 5.32 Å². The first-order chi connectivity index (χ1) is 14.8. The van der Waals surface area contributed by atoms with Gasteiger partial charge in [0.2, 0.25) is 10.0 Å². The van der Waals surface area contributed by atoms with E-state index in [0.717, 1.165) is 36.8 Å². The summed E-state index contributed by atoms with van der Waals surface area (Å²) >= 11 is 5.87. The Kier molecular flexibility index (Phi) is 6.88. The number of alkyl halides is 3. The Bertz CT molecular complexity index is 1130. The number of nitrogens with zero attached hydrogens (tertiary/aromatic N) is 1. The number of benzene rings is 2. The summed E-state index contributed by atoms with van der Waals surface area (Å²) in [5.74, 6) is -1.87. The van der Waals surface area contributed by atoms with Crippen LogP contribution in [0.15, 0.2) is 41.3 Å². The second kappa shape index (κ2) is 8.99. The van der Waals surface area contributed by atoms with Gasteiger partial charge >= 0.3 is 6.18 Å². The summed E-state index contributed by atoms with van der Waals surface area (Å²) in [6.07, 6.45) is -3.80. The van der Waals surface area contributed by atoms with Crippen LogP contribution in [0, 0.1) is 17.7 Å².